The molecule has 1 aliphatic rings. The first-order valence-corrected chi connectivity index (χ1v) is 16.3. The fourth-order valence-electron chi connectivity index (χ4n) is 4.83. The summed E-state index contributed by atoms with van der Waals surface area (Å²) in [5.41, 5.74) is 0.802. The lowest BCUT2D eigenvalue weighted by atomic mass is 9.97. The minimum Gasteiger partial charge on any atom is -0.463 e. The van der Waals surface area contributed by atoms with Crippen LogP contribution in [0.1, 0.15) is 69.2 Å². The lowest BCUT2D eigenvalue weighted by Crippen LogP contribution is -2.65. The highest BCUT2D eigenvalue weighted by Gasteiger charge is 2.56. The number of hydrogen-bond donors (Lipinski definition) is 3. The van der Waals surface area contributed by atoms with Crippen LogP contribution in [-0.4, -0.2) is 139 Å². The van der Waals surface area contributed by atoms with Crippen LogP contribution in [0, 0.1) is 0 Å². The van der Waals surface area contributed by atoms with Gasteiger partial charge in [0.2, 0.25) is 6.10 Å². The van der Waals surface area contributed by atoms with Gasteiger partial charge in [0, 0.05) is 61.9 Å². The van der Waals surface area contributed by atoms with Crippen LogP contribution in [0.25, 0.3) is 0 Å². The SMILES string of the molecule is CC(=O)OC[C@H]1O[C@@H](O[C@@H]([C@H](OC(C)=O)[C@@H](OC(C)=O)C(=O)NCC(C)(C)NO)[C@@H](COC(C)=O)OC(C)=O)[C@H](OC(C)=O)[C@@H](OC(C)=O)[C@H]1OC(C)=O. The van der Waals surface area contributed by atoms with Gasteiger partial charge in [-0.3, -0.25) is 43.2 Å². The second-order valence-electron chi connectivity index (χ2n) is 12.4. The van der Waals surface area contributed by atoms with Crippen LogP contribution in [0.4, 0.5) is 0 Å². The Hall–Kier alpha value is -4.93. The Balaban J connectivity index is 4.16. The molecule has 0 aromatic carbocycles. The van der Waals surface area contributed by atoms with Crippen LogP contribution in [0.5, 0.6) is 0 Å². The van der Waals surface area contributed by atoms with Gasteiger partial charge in [0.25, 0.3) is 5.91 Å². The van der Waals surface area contributed by atoms with E-state index in [2.05, 4.69) is 5.32 Å². The standard InChI is InChI=1S/C32H48N2O20/c1-14(35)45-11-22(47-16(3)37)25(26(49-18(5)39)28(51-20(7)41)30(43)33-13-32(9,10)34-44)54-31-29(52-21(8)42)27(50-19(6)40)24(48-17(4)38)23(53-31)12-46-15(2)36/h22-29,31,34,44H,11-13H2,1-10H3,(H,33,43)/t22-,23-,24+,25-,26+,27+,28-,29-,31+/m1/s1. The van der Waals surface area contributed by atoms with Crippen molar-refractivity contribution >= 4 is 53.7 Å². The van der Waals surface area contributed by atoms with Gasteiger partial charge >= 0.3 is 47.8 Å². The molecule has 22 heteroatoms. The van der Waals surface area contributed by atoms with Gasteiger partial charge in [0.1, 0.15) is 25.4 Å². The fourth-order valence-corrected chi connectivity index (χ4v) is 4.83. The molecule has 0 aromatic heterocycles. The Morgan fingerprint density at radius 2 is 1.13 bits per heavy atom. The minimum atomic E-state index is -2.16. The summed E-state index contributed by atoms with van der Waals surface area (Å²) in [5.74, 6) is -9.09. The average Bonchev–Trinajstić information content (AvgIpc) is 3.03. The van der Waals surface area contributed by atoms with Crippen molar-refractivity contribution in [2.45, 2.75) is 130 Å². The topological polar surface area (TPSA) is 290 Å². The number of carbonyl (C=O) groups excluding carboxylic acids is 9. The van der Waals surface area contributed by atoms with Crippen LogP contribution in [0.15, 0.2) is 0 Å². The van der Waals surface area contributed by atoms with Crippen LogP contribution < -0.4 is 10.8 Å². The van der Waals surface area contributed by atoms with E-state index in [1.807, 2.05) is 5.48 Å². The van der Waals surface area contributed by atoms with Gasteiger partial charge in [-0.2, -0.15) is 5.48 Å². The van der Waals surface area contributed by atoms with Crippen molar-refractivity contribution in [3.8, 4) is 0 Å². The van der Waals surface area contributed by atoms with Gasteiger partial charge in [-0.1, -0.05) is 0 Å². The molecule has 1 aliphatic heterocycles. The maximum atomic E-state index is 13.7. The van der Waals surface area contributed by atoms with E-state index in [9.17, 15) is 48.4 Å². The molecule has 0 bridgehead atoms. The number of hydroxylamine groups is 1. The summed E-state index contributed by atoms with van der Waals surface area (Å²) in [4.78, 5) is 112. The molecular formula is C32H48N2O20. The molecule has 1 rings (SSSR count). The van der Waals surface area contributed by atoms with Gasteiger partial charge in [0.15, 0.2) is 36.8 Å². The van der Waals surface area contributed by atoms with E-state index in [0.29, 0.717) is 0 Å². The second-order valence-corrected chi connectivity index (χ2v) is 12.4. The summed E-state index contributed by atoms with van der Waals surface area (Å²) in [6, 6.07) is 0. The molecule has 54 heavy (non-hydrogen) atoms. The third kappa shape index (κ3) is 16.4. The predicted octanol–water partition coefficient (Wildman–Crippen LogP) is -1.31. The van der Waals surface area contributed by atoms with Crippen molar-refractivity contribution in [2.75, 3.05) is 19.8 Å². The van der Waals surface area contributed by atoms with Gasteiger partial charge in [-0.15, -0.1) is 0 Å². The molecule has 1 heterocycles. The summed E-state index contributed by atoms with van der Waals surface area (Å²) < 4.78 is 54.7. The summed E-state index contributed by atoms with van der Waals surface area (Å²) >= 11 is 0. The maximum Gasteiger partial charge on any atom is 0.303 e. The van der Waals surface area contributed by atoms with Gasteiger partial charge < -0.3 is 57.9 Å². The molecule has 0 aromatic rings. The van der Waals surface area contributed by atoms with Crippen molar-refractivity contribution in [2.24, 2.45) is 0 Å². The average molecular weight is 781 g/mol. The summed E-state index contributed by atoms with van der Waals surface area (Å²) in [7, 11) is 0. The second kappa shape index (κ2) is 21.7. The van der Waals surface area contributed by atoms with Crippen LogP contribution in [0.3, 0.4) is 0 Å². The first kappa shape index (κ1) is 47.1. The summed E-state index contributed by atoms with van der Waals surface area (Å²) in [5, 5.41) is 11.9. The lowest BCUT2D eigenvalue weighted by molar-refractivity contribution is -0.331. The molecule has 9 atom stereocenters. The zero-order valence-corrected chi connectivity index (χ0v) is 31.5. The molecule has 0 radical (unpaired) electrons. The molecule has 0 unspecified atom stereocenters. The normalized spacial score (nSPS) is 21.7. The first-order valence-electron chi connectivity index (χ1n) is 16.3. The number of esters is 8. The fraction of sp³-hybridized carbons (Fsp3) is 0.719. The van der Waals surface area contributed by atoms with Gasteiger partial charge in [0.05, 0.1) is 5.54 Å². The van der Waals surface area contributed by atoms with E-state index >= 15 is 0 Å². The zero-order valence-electron chi connectivity index (χ0n) is 31.5. The maximum absolute atomic E-state index is 13.7. The summed E-state index contributed by atoms with van der Waals surface area (Å²) in [6.45, 7) is 8.76. The highest BCUT2D eigenvalue weighted by Crippen LogP contribution is 2.33. The van der Waals surface area contributed by atoms with E-state index in [-0.39, 0.29) is 6.54 Å². The Morgan fingerprint density at radius 3 is 1.59 bits per heavy atom. The van der Waals surface area contributed by atoms with Crippen molar-refractivity contribution < 1.29 is 95.7 Å². The van der Waals surface area contributed by atoms with Crippen LogP contribution in [0.2, 0.25) is 0 Å². The van der Waals surface area contributed by atoms with E-state index in [0.717, 1.165) is 55.4 Å². The highest BCUT2D eigenvalue weighted by molar-refractivity contribution is 5.84. The molecule has 1 amide bonds. The quantitative estimate of drug-likeness (QED) is 0.0778. The Morgan fingerprint density at radius 1 is 0.630 bits per heavy atom. The number of ether oxygens (including phenoxy) is 10. The third-order valence-electron chi connectivity index (χ3n) is 6.86. The molecule has 3 N–H and O–H groups in total. The third-order valence-corrected chi connectivity index (χ3v) is 6.86. The lowest BCUT2D eigenvalue weighted by Gasteiger charge is -2.46. The monoisotopic (exact) mass is 780 g/mol. The van der Waals surface area contributed by atoms with Gasteiger partial charge in [-0.25, -0.2) is 0 Å². The smallest absolute Gasteiger partial charge is 0.303 e. The van der Waals surface area contributed by atoms with Crippen molar-refractivity contribution in [1.82, 2.24) is 10.8 Å². The molecule has 0 aliphatic carbocycles. The Labute approximate surface area is 309 Å². The molecule has 0 spiro atoms. The van der Waals surface area contributed by atoms with E-state index < -0.39 is 128 Å². The van der Waals surface area contributed by atoms with Crippen molar-refractivity contribution in [1.29, 1.82) is 0 Å². The minimum absolute atomic E-state index is 0.321. The molecular weight excluding hydrogens is 732 g/mol. The predicted molar refractivity (Wildman–Crippen MR) is 172 cm³/mol. The largest absolute Gasteiger partial charge is 0.463 e. The molecule has 0 saturated carbocycles. The van der Waals surface area contributed by atoms with Crippen molar-refractivity contribution in [3.05, 3.63) is 0 Å². The van der Waals surface area contributed by atoms with Crippen LogP contribution in [-0.2, 0) is 90.5 Å². The van der Waals surface area contributed by atoms with E-state index in [1.165, 1.54) is 13.8 Å². The van der Waals surface area contributed by atoms with E-state index in [1.54, 1.807) is 0 Å². The van der Waals surface area contributed by atoms with Gasteiger partial charge in [-0.05, 0) is 13.8 Å². The molecule has 306 valence electrons. The number of nitrogens with one attached hydrogen (secondary N) is 2. The molecule has 1 saturated heterocycles. The Bertz CT molecular complexity index is 1380. The number of amides is 1. The number of carbonyl (C=O) groups is 9. The molecule has 22 nitrogen and oxygen atoms in total. The zero-order chi connectivity index (χ0) is 41.5. The number of hydrogen-bond acceptors (Lipinski definition) is 21. The Kier molecular flexibility index (Phi) is 18.9. The highest BCUT2D eigenvalue weighted by atomic mass is 16.8. The van der Waals surface area contributed by atoms with Crippen LogP contribution >= 0.6 is 0 Å². The van der Waals surface area contributed by atoms with E-state index in [4.69, 9.17) is 47.4 Å². The first-order chi connectivity index (χ1) is 25.0. The van der Waals surface area contributed by atoms with Crippen molar-refractivity contribution in [3.63, 3.8) is 0 Å². The number of rotatable bonds is 19. The summed E-state index contributed by atoms with van der Waals surface area (Å²) in [6.07, 6.45) is -17.2. The molecule has 1 fully saturated rings.